The lowest BCUT2D eigenvalue weighted by Crippen LogP contribution is -2.35. The molecule has 3 rings (SSSR count). The predicted octanol–water partition coefficient (Wildman–Crippen LogP) is -1.32. The van der Waals surface area contributed by atoms with Gasteiger partial charge in [-0.05, 0) is 0 Å². The van der Waals surface area contributed by atoms with Gasteiger partial charge in [-0.3, -0.25) is 4.57 Å². The summed E-state index contributed by atoms with van der Waals surface area (Å²) in [6, 6.07) is 0. The number of nitrogens with two attached hydrogens (primary N) is 1. The lowest BCUT2D eigenvalue weighted by Gasteiger charge is -2.20. The quantitative estimate of drug-likeness (QED) is 0.593. The molecule has 1 fully saturated rings. The van der Waals surface area contributed by atoms with E-state index in [2.05, 4.69) is 20.9 Å². The van der Waals surface area contributed by atoms with E-state index in [0.29, 0.717) is 11.2 Å². The maximum atomic E-state index is 10.2. The highest BCUT2D eigenvalue weighted by molar-refractivity contribution is 5.81. The second-order valence-corrected chi connectivity index (χ2v) is 4.80. The van der Waals surface area contributed by atoms with Crippen LogP contribution in [-0.2, 0) is 9.47 Å². The molecule has 0 bridgehead atoms. The highest BCUT2D eigenvalue weighted by Crippen LogP contribution is 2.33. The zero-order chi connectivity index (χ0) is 15.7. The number of imidazole rings is 1. The van der Waals surface area contributed by atoms with Crippen LogP contribution in [0.4, 0.5) is 5.82 Å². The standard InChI is InChI=1S/C13H15N5O4/c1-2-3-21-10-9(20)7(4-19)22-13(10)18-6-17-8-11(14)15-5-16-12(8)18/h1,5-7,9-10,13,19-20H,3-4H2,(H2,14,15,16)/t7-,9-,10-,13-/m1/s1. The maximum Gasteiger partial charge on any atom is 0.167 e. The van der Waals surface area contributed by atoms with Crippen LogP contribution in [0, 0.1) is 12.3 Å². The van der Waals surface area contributed by atoms with Crippen molar-refractivity contribution in [3.05, 3.63) is 12.7 Å². The van der Waals surface area contributed by atoms with Gasteiger partial charge in [-0.1, -0.05) is 5.92 Å². The molecular formula is C13H15N5O4. The van der Waals surface area contributed by atoms with Crippen molar-refractivity contribution in [2.24, 2.45) is 0 Å². The first-order valence-corrected chi connectivity index (χ1v) is 6.59. The van der Waals surface area contributed by atoms with Gasteiger partial charge in [0.25, 0.3) is 0 Å². The molecule has 0 amide bonds. The molecule has 116 valence electrons. The van der Waals surface area contributed by atoms with Crippen LogP contribution in [0.25, 0.3) is 11.2 Å². The lowest BCUT2D eigenvalue weighted by atomic mass is 10.1. The Labute approximate surface area is 125 Å². The van der Waals surface area contributed by atoms with Gasteiger partial charge in [0, 0.05) is 0 Å². The topological polar surface area (TPSA) is 129 Å². The molecule has 1 saturated heterocycles. The van der Waals surface area contributed by atoms with Gasteiger partial charge >= 0.3 is 0 Å². The summed E-state index contributed by atoms with van der Waals surface area (Å²) in [7, 11) is 0. The summed E-state index contributed by atoms with van der Waals surface area (Å²) in [6.07, 6.45) is 4.66. The Kier molecular flexibility index (Phi) is 3.91. The van der Waals surface area contributed by atoms with Gasteiger partial charge < -0.3 is 25.4 Å². The fourth-order valence-electron chi connectivity index (χ4n) is 2.47. The van der Waals surface area contributed by atoms with Gasteiger partial charge in [0.1, 0.15) is 36.8 Å². The highest BCUT2D eigenvalue weighted by atomic mass is 16.6. The molecule has 0 unspecified atom stereocenters. The number of aliphatic hydroxyl groups excluding tert-OH is 2. The van der Waals surface area contributed by atoms with Crippen LogP contribution in [0.3, 0.4) is 0 Å². The largest absolute Gasteiger partial charge is 0.394 e. The van der Waals surface area contributed by atoms with Gasteiger partial charge in [-0.2, -0.15) is 0 Å². The first kappa shape index (κ1) is 14.7. The summed E-state index contributed by atoms with van der Waals surface area (Å²) in [5.74, 6) is 2.58. The lowest BCUT2D eigenvalue weighted by molar-refractivity contribution is -0.0636. The summed E-state index contributed by atoms with van der Waals surface area (Å²) in [5.41, 5.74) is 6.61. The molecule has 0 aromatic carbocycles. The zero-order valence-electron chi connectivity index (χ0n) is 11.5. The van der Waals surface area contributed by atoms with Crippen molar-refractivity contribution >= 4 is 17.0 Å². The number of anilines is 1. The zero-order valence-corrected chi connectivity index (χ0v) is 11.5. The van der Waals surface area contributed by atoms with Crippen LogP contribution in [0.15, 0.2) is 12.7 Å². The number of nitrogens with zero attached hydrogens (tertiary/aromatic N) is 4. The Morgan fingerprint density at radius 2 is 2.27 bits per heavy atom. The molecule has 1 aliphatic rings. The van der Waals surface area contributed by atoms with E-state index in [1.165, 1.54) is 12.7 Å². The summed E-state index contributed by atoms with van der Waals surface area (Å²) in [4.78, 5) is 12.1. The Balaban J connectivity index is 2.00. The van der Waals surface area contributed by atoms with Crippen LogP contribution in [0.2, 0.25) is 0 Å². The van der Waals surface area contributed by atoms with Crippen molar-refractivity contribution in [2.45, 2.75) is 24.5 Å². The Morgan fingerprint density at radius 3 is 3.00 bits per heavy atom. The molecule has 4 atom stereocenters. The Morgan fingerprint density at radius 1 is 1.45 bits per heavy atom. The average Bonchev–Trinajstić information content (AvgIpc) is 3.07. The van der Waals surface area contributed by atoms with Gasteiger partial charge in [-0.15, -0.1) is 6.42 Å². The third kappa shape index (κ3) is 2.28. The SMILES string of the molecule is C#CCO[C@@H]1[C@H](O)[C@@H](CO)O[C@H]1n1cnc2c(N)ncnc21. The van der Waals surface area contributed by atoms with Gasteiger partial charge in [-0.25, -0.2) is 15.0 Å². The van der Waals surface area contributed by atoms with E-state index in [0.717, 1.165) is 0 Å². The van der Waals surface area contributed by atoms with E-state index in [9.17, 15) is 10.2 Å². The number of hydrogen-bond acceptors (Lipinski definition) is 8. The van der Waals surface area contributed by atoms with Crippen LogP contribution in [-0.4, -0.2) is 61.3 Å². The van der Waals surface area contributed by atoms with Crippen LogP contribution < -0.4 is 5.73 Å². The Bertz CT molecular complexity index is 712. The smallest absolute Gasteiger partial charge is 0.167 e. The van der Waals surface area contributed by atoms with E-state index in [1.807, 2.05) is 0 Å². The molecule has 0 saturated carbocycles. The van der Waals surface area contributed by atoms with Gasteiger partial charge in [0.15, 0.2) is 17.7 Å². The molecule has 4 N–H and O–H groups in total. The monoisotopic (exact) mass is 305 g/mol. The molecule has 0 aliphatic carbocycles. The molecule has 9 heteroatoms. The van der Waals surface area contributed by atoms with Crippen molar-refractivity contribution in [3.8, 4) is 12.3 Å². The van der Waals surface area contributed by atoms with Crippen molar-refractivity contribution in [1.82, 2.24) is 19.5 Å². The van der Waals surface area contributed by atoms with Crippen LogP contribution in [0.1, 0.15) is 6.23 Å². The molecule has 0 radical (unpaired) electrons. The average molecular weight is 305 g/mol. The minimum absolute atomic E-state index is 0.00346. The number of aromatic nitrogens is 4. The minimum Gasteiger partial charge on any atom is -0.394 e. The molecule has 9 nitrogen and oxygen atoms in total. The number of rotatable bonds is 4. The van der Waals surface area contributed by atoms with Crippen LogP contribution >= 0.6 is 0 Å². The van der Waals surface area contributed by atoms with Gasteiger partial charge in [0.2, 0.25) is 0 Å². The highest BCUT2D eigenvalue weighted by Gasteiger charge is 2.45. The first-order valence-electron chi connectivity index (χ1n) is 6.59. The summed E-state index contributed by atoms with van der Waals surface area (Å²) in [6.45, 7) is -0.346. The predicted molar refractivity (Wildman–Crippen MR) is 75.3 cm³/mol. The number of nitrogen functional groups attached to an aromatic ring is 1. The fraction of sp³-hybridized carbons (Fsp3) is 0.462. The fourth-order valence-corrected chi connectivity index (χ4v) is 2.47. The molecule has 1 aliphatic heterocycles. The number of hydrogen-bond donors (Lipinski definition) is 3. The summed E-state index contributed by atoms with van der Waals surface area (Å²) < 4.78 is 12.7. The van der Waals surface area contributed by atoms with Crippen molar-refractivity contribution in [1.29, 1.82) is 0 Å². The third-order valence-corrected chi connectivity index (χ3v) is 3.51. The number of terminal acetylenes is 1. The second-order valence-electron chi connectivity index (χ2n) is 4.80. The van der Waals surface area contributed by atoms with E-state index >= 15 is 0 Å². The second kappa shape index (κ2) is 5.86. The minimum atomic E-state index is -1.03. The number of fused-ring (bicyclic) bond motifs is 1. The molecule has 2 aromatic rings. The molecular weight excluding hydrogens is 290 g/mol. The van der Waals surface area contributed by atoms with Crippen molar-refractivity contribution in [3.63, 3.8) is 0 Å². The Hall–Kier alpha value is -2.25. The first-order chi connectivity index (χ1) is 10.7. The third-order valence-electron chi connectivity index (χ3n) is 3.51. The van der Waals surface area contributed by atoms with E-state index < -0.39 is 24.5 Å². The maximum absolute atomic E-state index is 10.2. The molecule has 0 spiro atoms. The molecule has 3 heterocycles. The summed E-state index contributed by atoms with van der Waals surface area (Å²) >= 11 is 0. The van der Waals surface area contributed by atoms with Gasteiger partial charge in [0.05, 0.1) is 12.9 Å². The number of aliphatic hydroxyl groups is 2. The number of ether oxygens (including phenoxy) is 2. The molecule has 22 heavy (non-hydrogen) atoms. The van der Waals surface area contributed by atoms with Crippen molar-refractivity contribution in [2.75, 3.05) is 18.9 Å². The summed E-state index contributed by atoms with van der Waals surface area (Å²) in [5, 5.41) is 19.5. The van der Waals surface area contributed by atoms with Crippen molar-refractivity contribution < 1.29 is 19.7 Å². The van der Waals surface area contributed by atoms with Crippen LogP contribution in [0.5, 0.6) is 0 Å². The van der Waals surface area contributed by atoms with E-state index in [-0.39, 0.29) is 19.0 Å². The normalized spacial score (nSPS) is 28.0. The van der Waals surface area contributed by atoms with E-state index in [1.54, 1.807) is 4.57 Å². The molecule has 2 aromatic heterocycles. The van der Waals surface area contributed by atoms with E-state index in [4.69, 9.17) is 21.6 Å².